The Morgan fingerprint density at radius 3 is 2.95 bits per heavy atom. The van der Waals surface area contributed by atoms with Crippen LogP contribution in [0.25, 0.3) is 0 Å². The maximum absolute atomic E-state index is 12.1. The largest absolute Gasteiger partial charge is 0.491 e. The van der Waals surface area contributed by atoms with Crippen molar-refractivity contribution in [1.29, 1.82) is 0 Å². The van der Waals surface area contributed by atoms with Crippen LogP contribution in [-0.2, 0) is 6.54 Å². The van der Waals surface area contributed by atoms with Gasteiger partial charge in [-0.2, -0.15) is 5.10 Å². The normalized spacial score (nSPS) is 10.4. The van der Waals surface area contributed by atoms with Crippen LogP contribution in [-0.4, -0.2) is 29.6 Å². The van der Waals surface area contributed by atoms with Gasteiger partial charge in [0.15, 0.2) is 0 Å². The number of ether oxygens (including phenoxy) is 1. The fourth-order valence-corrected chi connectivity index (χ4v) is 1.97. The minimum absolute atomic E-state index is 0.287. The Bertz CT molecular complexity index is 518. The van der Waals surface area contributed by atoms with Crippen LogP contribution in [0.5, 0.6) is 5.75 Å². The van der Waals surface area contributed by atoms with Gasteiger partial charge in [0.1, 0.15) is 24.8 Å². The second-order valence-corrected chi connectivity index (χ2v) is 4.71. The number of alkyl halides is 1. The first-order valence-corrected chi connectivity index (χ1v) is 6.79. The number of anilines is 1. The molecule has 0 fully saturated rings. The average Bonchev–Trinajstić information content (AvgIpc) is 2.85. The van der Waals surface area contributed by atoms with Gasteiger partial charge in [0.2, 0.25) is 0 Å². The van der Waals surface area contributed by atoms with Crippen molar-refractivity contribution in [3.8, 4) is 5.75 Å². The number of aryl methyl sites for hydroxylation is 1. The molecule has 0 radical (unpaired) electrons. The number of benzene rings is 1. The highest BCUT2D eigenvalue weighted by Crippen LogP contribution is 2.23. The molecule has 0 saturated heterocycles. The van der Waals surface area contributed by atoms with Crippen LogP contribution in [0.1, 0.15) is 0 Å². The van der Waals surface area contributed by atoms with E-state index in [0.717, 1.165) is 16.0 Å². The summed E-state index contributed by atoms with van der Waals surface area (Å²) in [4.78, 5) is 0. The van der Waals surface area contributed by atoms with E-state index >= 15 is 0 Å². The standard InChI is InChI=1S/C13H15BrFN3O/c14-11-3-1-2-4-12(11)19-10-7-16-13-5-8-18(17-13)9-6-15/h1-5,8H,6-7,9-10H2,(H,16,17). The van der Waals surface area contributed by atoms with Gasteiger partial charge < -0.3 is 10.1 Å². The summed E-state index contributed by atoms with van der Waals surface area (Å²) in [5.41, 5.74) is 0. The molecule has 0 aliphatic carbocycles. The van der Waals surface area contributed by atoms with E-state index in [2.05, 4.69) is 26.3 Å². The average molecular weight is 328 g/mol. The van der Waals surface area contributed by atoms with Gasteiger partial charge in [-0.05, 0) is 28.1 Å². The lowest BCUT2D eigenvalue weighted by atomic mass is 10.3. The van der Waals surface area contributed by atoms with E-state index in [-0.39, 0.29) is 6.54 Å². The smallest absolute Gasteiger partial charge is 0.148 e. The van der Waals surface area contributed by atoms with Gasteiger partial charge in [0.05, 0.1) is 17.6 Å². The SMILES string of the molecule is FCCn1ccc(NCCOc2ccccc2Br)n1. The maximum atomic E-state index is 12.1. The summed E-state index contributed by atoms with van der Waals surface area (Å²) in [7, 11) is 0. The van der Waals surface area contributed by atoms with Crippen LogP contribution in [0.15, 0.2) is 41.0 Å². The third kappa shape index (κ3) is 4.24. The first kappa shape index (κ1) is 13.9. The highest BCUT2D eigenvalue weighted by molar-refractivity contribution is 9.10. The number of para-hydroxylation sites is 1. The predicted molar refractivity (Wildman–Crippen MR) is 76.3 cm³/mol. The van der Waals surface area contributed by atoms with Crippen molar-refractivity contribution < 1.29 is 9.13 Å². The molecule has 0 aliphatic rings. The summed E-state index contributed by atoms with van der Waals surface area (Å²) < 4.78 is 20.2. The van der Waals surface area contributed by atoms with Crippen molar-refractivity contribution in [2.45, 2.75) is 6.54 Å². The number of hydrogen-bond donors (Lipinski definition) is 1. The molecule has 2 rings (SSSR count). The van der Waals surface area contributed by atoms with Crippen molar-refractivity contribution in [3.63, 3.8) is 0 Å². The molecule has 1 N–H and O–H groups in total. The number of aromatic nitrogens is 2. The van der Waals surface area contributed by atoms with Gasteiger partial charge in [-0.1, -0.05) is 12.1 Å². The van der Waals surface area contributed by atoms with Gasteiger partial charge in [-0.15, -0.1) is 0 Å². The van der Waals surface area contributed by atoms with Gasteiger partial charge in [0.25, 0.3) is 0 Å². The second kappa shape index (κ2) is 7.13. The molecule has 0 amide bonds. The molecule has 0 aliphatic heterocycles. The maximum Gasteiger partial charge on any atom is 0.148 e. The van der Waals surface area contributed by atoms with E-state index in [1.807, 2.05) is 30.3 Å². The minimum atomic E-state index is -0.410. The number of nitrogens with one attached hydrogen (secondary N) is 1. The molecule has 2 aromatic rings. The highest BCUT2D eigenvalue weighted by atomic mass is 79.9. The van der Waals surface area contributed by atoms with E-state index in [1.54, 1.807) is 10.9 Å². The number of rotatable bonds is 7. The lowest BCUT2D eigenvalue weighted by Crippen LogP contribution is -2.12. The lowest BCUT2D eigenvalue weighted by molar-refractivity contribution is 0.330. The van der Waals surface area contributed by atoms with Gasteiger partial charge >= 0.3 is 0 Å². The molecule has 4 nitrogen and oxygen atoms in total. The summed E-state index contributed by atoms with van der Waals surface area (Å²) in [6.07, 6.45) is 1.75. The molecular weight excluding hydrogens is 313 g/mol. The summed E-state index contributed by atoms with van der Waals surface area (Å²) >= 11 is 3.42. The van der Waals surface area contributed by atoms with Crippen molar-refractivity contribution in [2.75, 3.05) is 25.1 Å². The Hall–Kier alpha value is -1.56. The molecule has 6 heteroatoms. The van der Waals surface area contributed by atoms with Crippen LogP contribution in [0, 0.1) is 0 Å². The molecule has 1 aromatic heterocycles. The predicted octanol–water partition coefficient (Wildman–Crippen LogP) is 3.11. The highest BCUT2D eigenvalue weighted by Gasteiger charge is 2.00. The van der Waals surface area contributed by atoms with Crippen molar-refractivity contribution in [1.82, 2.24) is 9.78 Å². The molecule has 1 aromatic carbocycles. The van der Waals surface area contributed by atoms with Gasteiger partial charge in [0, 0.05) is 12.3 Å². The Morgan fingerprint density at radius 1 is 1.32 bits per heavy atom. The Morgan fingerprint density at radius 2 is 2.16 bits per heavy atom. The fourth-order valence-electron chi connectivity index (χ4n) is 1.57. The summed E-state index contributed by atoms with van der Waals surface area (Å²) in [6.45, 7) is 1.04. The van der Waals surface area contributed by atoms with Crippen LogP contribution in [0.2, 0.25) is 0 Å². The zero-order chi connectivity index (χ0) is 13.5. The van der Waals surface area contributed by atoms with Crippen molar-refractivity contribution in [3.05, 3.63) is 41.0 Å². The molecular formula is C13H15BrFN3O. The van der Waals surface area contributed by atoms with Crippen LogP contribution >= 0.6 is 15.9 Å². The van der Waals surface area contributed by atoms with E-state index in [4.69, 9.17) is 4.74 Å². The molecule has 19 heavy (non-hydrogen) atoms. The first-order chi connectivity index (χ1) is 9.29. The number of nitrogens with zero attached hydrogens (tertiary/aromatic N) is 2. The molecule has 0 spiro atoms. The topological polar surface area (TPSA) is 39.1 Å². The second-order valence-electron chi connectivity index (χ2n) is 3.86. The molecule has 0 unspecified atom stereocenters. The minimum Gasteiger partial charge on any atom is -0.491 e. The van der Waals surface area contributed by atoms with Crippen molar-refractivity contribution >= 4 is 21.7 Å². The molecule has 0 atom stereocenters. The zero-order valence-corrected chi connectivity index (χ0v) is 11.9. The monoisotopic (exact) mass is 327 g/mol. The van der Waals surface area contributed by atoms with Crippen LogP contribution in [0.4, 0.5) is 10.2 Å². The summed E-state index contributed by atoms with van der Waals surface area (Å²) in [5.74, 6) is 1.54. The third-order valence-electron chi connectivity index (χ3n) is 2.46. The van der Waals surface area contributed by atoms with Crippen LogP contribution < -0.4 is 10.1 Å². The lowest BCUT2D eigenvalue weighted by Gasteiger charge is -2.08. The molecule has 0 bridgehead atoms. The van der Waals surface area contributed by atoms with Crippen LogP contribution in [0.3, 0.4) is 0 Å². The fraction of sp³-hybridized carbons (Fsp3) is 0.308. The molecule has 1 heterocycles. The summed E-state index contributed by atoms with van der Waals surface area (Å²) in [5, 5.41) is 7.28. The molecule has 0 saturated carbocycles. The van der Waals surface area contributed by atoms with Gasteiger partial charge in [-0.3, -0.25) is 4.68 Å². The quantitative estimate of drug-likeness (QED) is 0.794. The van der Waals surface area contributed by atoms with E-state index < -0.39 is 6.67 Å². The van der Waals surface area contributed by atoms with Crippen molar-refractivity contribution in [2.24, 2.45) is 0 Å². The Labute approximate surface area is 119 Å². The summed E-state index contributed by atoms with van der Waals surface area (Å²) in [6, 6.07) is 9.51. The van der Waals surface area contributed by atoms with E-state index in [1.165, 1.54) is 0 Å². The molecule has 102 valence electrons. The zero-order valence-electron chi connectivity index (χ0n) is 10.4. The van der Waals surface area contributed by atoms with E-state index in [0.29, 0.717) is 13.2 Å². The number of hydrogen-bond acceptors (Lipinski definition) is 3. The first-order valence-electron chi connectivity index (χ1n) is 6.00. The van der Waals surface area contributed by atoms with E-state index in [9.17, 15) is 4.39 Å². The number of halogens is 2. The Balaban J connectivity index is 1.73. The van der Waals surface area contributed by atoms with Gasteiger partial charge in [-0.25, -0.2) is 4.39 Å². The Kier molecular flexibility index (Phi) is 5.20. The third-order valence-corrected chi connectivity index (χ3v) is 3.11.